The van der Waals surface area contributed by atoms with Gasteiger partial charge in [-0.15, -0.1) is 0 Å². The average molecular weight is 354 g/mol. The zero-order valence-corrected chi connectivity index (χ0v) is 13.7. The predicted molar refractivity (Wildman–Crippen MR) is 85.5 cm³/mol. The maximum absolute atomic E-state index is 13.4. The van der Waals surface area contributed by atoms with Crippen LogP contribution in [0, 0.1) is 12.7 Å². The lowest BCUT2D eigenvalue weighted by Gasteiger charge is -2.19. The van der Waals surface area contributed by atoms with E-state index in [9.17, 15) is 9.50 Å². The molecule has 0 bridgehead atoms. The Kier molecular flexibility index (Phi) is 4.73. The van der Waals surface area contributed by atoms with E-state index < -0.39 is 0 Å². The molecule has 0 spiro atoms. The molecule has 0 saturated heterocycles. The summed E-state index contributed by atoms with van der Waals surface area (Å²) in [7, 11) is 1.55. The molecule has 5 heteroatoms. The highest BCUT2D eigenvalue weighted by atomic mass is 79.9. The third kappa shape index (κ3) is 3.47. The molecular weight excluding hydrogens is 337 g/mol. The molecule has 0 aliphatic heterocycles. The van der Waals surface area contributed by atoms with E-state index >= 15 is 0 Å². The number of aromatic hydroxyl groups is 1. The minimum absolute atomic E-state index is 0.132. The Morgan fingerprint density at radius 2 is 2.00 bits per heavy atom. The van der Waals surface area contributed by atoms with E-state index in [-0.39, 0.29) is 17.6 Å². The summed E-state index contributed by atoms with van der Waals surface area (Å²) in [6, 6.07) is 8.20. The molecule has 2 aromatic carbocycles. The molecule has 0 amide bonds. The molecule has 1 atom stereocenters. The van der Waals surface area contributed by atoms with Crippen LogP contribution in [0.2, 0.25) is 0 Å². The molecule has 1 unspecified atom stereocenters. The van der Waals surface area contributed by atoms with Gasteiger partial charge in [0.2, 0.25) is 0 Å². The van der Waals surface area contributed by atoms with Gasteiger partial charge >= 0.3 is 0 Å². The number of anilines is 1. The largest absolute Gasteiger partial charge is 0.507 e. The van der Waals surface area contributed by atoms with Gasteiger partial charge in [-0.25, -0.2) is 4.39 Å². The van der Waals surface area contributed by atoms with Crippen LogP contribution in [0.1, 0.15) is 24.1 Å². The lowest BCUT2D eigenvalue weighted by atomic mass is 10.1. The first-order chi connectivity index (χ1) is 9.92. The third-order valence-electron chi connectivity index (χ3n) is 3.34. The number of hydrogen-bond acceptors (Lipinski definition) is 3. The van der Waals surface area contributed by atoms with E-state index in [1.165, 1.54) is 6.07 Å². The van der Waals surface area contributed by atoms with Gasteiger partial charge in [0.1, 0.15) is 17.3 Å². The van der Waals surface area contributed by atoms with Gasteiger partial charge in [-0.1, -0.05) is 0 Å². The van der Waals surface area contributed by atoms with Gasteiger partial charge in [0.05, 0.1) is 17.6 Å². The lowest BCUT2D eigenvalue weighted by molar-refractivity contribution is 0.406. The molecule has 0 heterocycles. The van der Waals surface area contributed by atoms with Crippen LogP contribution in [0.15, 0.2) is 34.8 Å². The van der Waals surface area contributed by atoms with E-state index in [1.807, 2.05) is 13.8 Å². The highest BCUT2D eigenvalue weighted by Crippen LogP contribution is 2.32. The molecule has 112 valence electrons. The quantitative estimate of drug-likeness (QED) is 0.830. The second kappa shape index (κ2) is 6.35. The van der Waals surface area contributed by atoms with Gasteiger partial charge < -0.3 is 15.2 Å². The smallest absolute Gasteiger partial charge is 0.137 e. The minimum atomic E-state index is -0.294. The number of benzene rings is 2. The topological polar surface area (TPSA) is 41.5 Å². The number of phenols is 1. The standard InChI is InChI=1S/C16H17BrFNO2/c1-9-6-14(18)13(17)8-15(9)19-10(2)12-5-4-11(21-3)7-16(12)20/h4-8,10,19-20H,1-3H3. The number of nitrogens with one attached hydrogen (secondary N) is 1. The van der Waals surface area contributed by atoms with Gasteiger partial charge in [-0.2, -0.15) is 0 Å². The summed E-state index contributed by atoms with van der Waals surface area (Å²) >= 11 is 3.18. The number of rotatable bonds is 4. The van der Waals surface area contributed by atoms with Crippen molar-refractivity contribution in [1.29, 1.82) is 0 Å². The molecular formula is C16H17BrFNO2. The summed E-state index contributed by atoms with van der Waals surface area (Å²) in [6.45, 7) is 3.76. The number of hydrogen-bond donors (Lipinski definition) is 2. The van der Waals surface area contributed by atoms with Crippen LogP contribution in [0.3, 0.4) is 0 Å². The molecule has 0 fully saturated rings. The molecule has 0 aromatic heterocycles. The van der Waals surface area contributed by atoms with Crippen LogP contribution in [-0.4, -0.2) is 12.2 Å². The first-order valence-electron chi connectivity index (χ1n) is 6.51. The maximum atomic E-state index is 13.4. The van der Waals surface area contributed by atoms with Crippen molar-refractivity contribution in [3.05, 3.63) is 51.7 Å². The number of phenolic OH excluding ortho intramolecular Hbond substituents is 1. The van der Waals surface area contributed by atoms with Crippen LogP contribution in [0.5, 0.6) is 11.5 Å². The van der Waals surface area contributed by atoms with E-state index in [4.69, 9.17) is 4.74 Å². The van der Waals surface area contributed by atoms with E-state index in [0.717, 1.165) is 16.8 Å². The minimum Gasteiger partial charge on any atom is -0.507 e. The fourth-order valence-corrected chi connectivity index (χ4v) is 2.47. The van der Waals surface area contributed by atoms with E-state index in [1.54, 1.807) is 31.4 Å². The second-order valence-corrected chi connectivity index (χ2v) is 5.73. The first kappa shape index (κ1) is 15.6. The monoisotopic (exact) mass is 353 g/mol. The summed E-state index contributed by atoms with van der Waals surface area (Å²) in [5.74, 6) is 0.468. The highest BCUT2D eigenvalue weighted by molar-refractivity contribution is 9.10. The summed E-state index contributed by atoms with van der Waals surface area (Å²) in [6.07, 6.45) is 0. The SMILES string of the molecule is COc1ccc(C(C)Nc2cc(Br)c(F)cc2C)c(O)c1. The Balaban J connectivity index is 2.26. The average Bonchev–Trinajstić information content (AvgIpc) is 2.44. The summed E-state index contributed by atoms with van der Waals surface area (Å²) in [5.41, 5.74) is 2.36. The first-order valence-corrected chi connectivity index (χ1v) is 7.30. The zero-order chi connectivity index (χ0) is 15.6. The zero-order valence-electron chi connectivity index (χ0n) is 12.1. The Hall–Kier alpha value is -1.75. The van der Waals surface area contributed by atoms with E-state index in [0.29, 0.717) is 10.2 Å². The van der Waals surface area contributed by atoms with Gasteiger partial charge in [0.25, 0.3) is 0 Å². The van der Waals surface area contributed by atoms with E-state index in [2.05, 4.69) is 21.2 Å². The van der Waals surface area contributed by atoms with Gasteiger partial charge in [0.15, 0.2) is 0 Å². The van der Waals surface area contributed by atoms with Gasteiger partial charge in [0, 0.05) is 17.3 Å². The summed E-state index contributed by atoms with van der Waals surface area (Å²) < 4.78 is 18.9. The second-order valence-electron chi connectivity index (χ2n) is 4.87. The van der Waals surface area contributed by atoms with Crippen molar-refractivity contribution < 1.29 is 14.2 Å². The lowest BCUT2D eigenvalue weighted by Crippen LogP contribution is -2.08. The molecule has 0 saturated carbocycles. The van der Waals surface area contributed by atoms with Crippen LogP contribution in [0.25, 0.3) is 0 Å². The van der Waals surface area contributed by atoms with Crippen molar-refractivity contribution in [2.75, 3.05) is 12.4 Å². The molecule has 2 N–H and O–H groups in total. The molecule has 0 aliphatic carbocycles. The van der Waals surface area contributed by atoms with Crippen LogP contribution >= 0.6 is 15.9 Å². The molecule has 2 aromatic rings. The van der Waals surface area contributed by atoms with Gasteiger partial charge in [-0.05, 0) is 59.6 Å². The van der Waals surface area contributed by atoms with Crippen molar-refractivity contribution in [2.45, 2.75) is 19.9 Å². The number of ether oxygens (including phenoxy) is 1. The van der Waals surface area contributed by atoms with Crippen molar-refractivity contribution in [3.8, 4) is 11.5 Å². The number of halogens is 2. The van der Waals surface area contributed by atoms with Crippen molar-refractivity contribution in [2.24, 2.45) is 0 Å². The molecule has 0 radical (unpaired) electrons. The fourth-order valence-electron chi connectivity index (χ4n) is 2.13. The van der Waals surface area contributed by atoms with Crippen molar-refractivity contribution in [3.63, 3.8) is 0 Å². The van der Waals surface area contributed by atoms with Crippen molar-refractivity contribution in [1.82, 2.24) is 0 Å². The van der Waals surface area contributed by atoms with Crippen LogP contribution < -0.4 is 10.1 Å². The maximum Gasteiger partial charge on any atom is 0.137 e. The van der Waals surface area contributed by atoms with Crippen LogP contribution in [-0.2, 0) is 0 Å². The van der Waals surface area contributed by atoms with Crippen molar-refractivity contribution >= 4 is 21.6 Å². The molecule has 21 heavy (non-hydrogen) atoms. The number of aryl methyl sites for hydroxylation is 1. The Morgan fingerprint density at radius 3 is 2.62 bits per heavy atom. The van der Waals surface area contributed by atoms with Gasteiger partial charge in [-0.3, -0.25) is 0 Å². The summed E-state index contributed by atoms with van der Waals surface area (Å²) in [4.78, 5) is 0. The Bertz CT molecular complexity index is 661. The Morgan fingerprint density at radius 1 is 1.29 bits per heavy atom. The number of methoxy groups -OCH3 is 1. The molecule has 0 aliphatic rings. The summed E-state index contributed by atoms with van der Waals surface area (Å²) in [5, 5.41) is 13.3. The fraction of sp³-hybridized carbons (Fsp3) is 0.250. The predicted octanol–water partition coefficient (Wildman–Crippen LogP) is 4.78. The molecule has 2 rings (SSSR count). The Labute approximate surface area is 131 Å². The molecule has 3 nitrogen and oxygen atoms in total. The normalized spacial score (nSPS) is 12.0. The third-order valence-corrected chi connectivity index (χ3v) is 3.95. The highest BCUT2D eigenvalue weighted by Gasteiger charge is 2.13. The van der Waals surface area contributed by atoms with Crippen LogP contribution in [0.4, 0.5) is 10.1 Å².